The number of benzene rings is 2. The fraction of sp³-hybridized carbons (Fsp3) is 0.300. The van der Waals surface area contributed by atoms with E-state index in [-0.39, 0.29) is 23.4 Å². The molecule has 27 heavy (non-hydrogen) atoms. The Labute approximate surface area is 160 Å². The number of hydrogen-bond acceptors (Lipinski definition) is 4. The lowest BCUT2D eigenvalue weighted by Gasteiger charge is -2.25. The van der Waals surface area contributed by atoms with Gasteiger partial charge in [-0.25, -0.2) is 0 Å². The van der Waals surface area contributed by atoms with E-state index in [1.54, 1.807) is 17.0 Å². The highest BCUT2D eigenvalue weighted by Gasteiger charge is 2.26. The summed E-state index contributed by atoms with van der Waals surface area (Å²) in [5, 5.41) is 2.97. The maximum Gasteiger partial charge on any atom is 0.285 e. The topological polar surface area (TPSA) is 78.8 Å². The largest absolute Gasteiger partial charge is 0.352 e. The van der Waals surface area contributed by atoms with Crippen LogP contribution in [0.1, 0.15) is 24.5 Å². The number of nitrogens with one attached hydrogen (secondary N) is 1. The molecule has 1 aliphatic heterocycles. The highest BCUT2D eigenvalue weighted by atomic mass is 32.2. The van der Waals surface area contributed by atoms with Crippen LogP contribution < -0.4 is 10.2 Å². The molecule has 6 nitrogen and oxygen atoms in total. The maximum atomic E-state index is 12.4. The monoisotopic (exact) mass is 385 g/mol. The van der Waals surface area contributed by atoms with Crippen LogP contribution in [0.15, 0.2) is 57.8 Å². The predicted molar refractivity (Wildman–Crippen MR) is 107 cm³/mol. The van der Waals surface area contributed by atoms with Crippen LogP contribution in [0.25, 0.3) is 0 Å². The molecule has 1 atom stereocenters. The molecule has 1 unspecified atom stereocenters. The molecule has 0 saturated heterocycles. The molecule has 2 aromatic carbocycles. The Kier molecular flexibility index (Phi) is 5.60. The van der Waals surface area contributed by atoms with Gasteiger partial charge in [0.1, 0.15) is 17.8 Å². The molecular formula is C20H23N3O3S. The normalized spacial score (nSPS) is 15.9. The van der Waals surface area contributed by atoms with Gasteiger partial charge in [0.15, 0.2) is 0 Å². The quantitative estimate of drug-likeness (QED) is 0.829. The summed E-state index contributed by atoms with van der Waals surface area (Å²) in [6.45, 7) is 3.86. The Morgan fingerprint density at radius 2 is 1.93 bits per heavy atom. The minimum Gasteiger partial charge on any atom is -0.352 e. The first-order valence-electron chi connectivity index (χ1n) is 8.86. The molecular weight excluding hydrogens is 362 g/mol. The van der Waals surface area contributed by atoms with Gasteiger partial charge in [0.25, 0.3) is 10.0 Å². The van der Waals surface area contributed by atoms with Gasteiger partial charge >= 0.3 is 0 Å². The van der Waals surface area contributed by atoms with E-state index in [9.17, 15) is 13.2 Å². The van der Waals surface area contributed by atoms with E-state index in [1.807, 2.05) is 32.0 Å². The molecule has 0 spiro atoms. The van der Waals surface area contributed by atoms with Gasteiger partial charge in [-0.05, 0) is 49.9 Å². The Hall–Kier alpha value is -2.67. The molecule has 1 aliphatic rings. The number of amides is 1. The molecule has 0 aliphatic carbocycles. The highest BCUT2D eigenvalue weighted by molar-refractivity contribution is 7.90. The van der Waals surface area contributed by atoms with E-state index in [2.05, 4.69) is 21.8 Å². The third-order valence-corrected chi connectivity index (χ3v) is 5.73. The molecule has 1 amide bonds. The summed E-state index contributed by atoms with van der Waals surface area (Å²) in [6, 6.07) is 15.1. The number of nitrogens with zero attached hydrogens (tertiary/aromatic N) is 2. The molecule has 0 aromatic heterocycles. The van der Waals surface area contributed by atoms with Crippen molar-refractivity contribution in [2.45, 2.75) is 37.6 Å². The number of carbonyl (C=O) groups is 1. The van der Waals surface area contributed by atoms with Crippen LogP contribution >= 0.6 is 0 Å². The molecule has 0 saturated carbocycles. The fourth-order valence-electron chi connectivity index (χ4n) is 3.01. The minimum absolute atomic E-state index is 0.0140. The number of sulfonamides is 1. The van der Waals surface area contributed by atoms with Crippen LogP contribution in [0.4, 0.5) is 5.69 Å². The van der Waals surface area contributed by atoms with Crippen LogP contribution in [0.5, 0.6) is 0 Å². The second-order valence-electron chi connectivity index (χ2n) is 6.79. The number of aryl methyl sites for hydroxylation is 2. The van der Waals surface area contributed by atoms with Gasteiger partial charge in [-0.2, -0.15) is 8.42 Å². The number of hydrogen-bond donors (Lipinski definition) is 1. The van der Waals surface area contributed by atoms with Crippen molar-refractivity contribution >= 4 is 28.0 Å². The average Bonchev–Trinajstić information content (AvgIpc) is 2.63. The van der Waals surface area contributed by atoms with Crippen molar-refractivity contribution in [1.29, 1.82) is 0 Å². The standard InChI is InChI=1S/C20H23N3O3S/c1-15-8-11-19-18(12-15)23(14-21-27(19,25)26)13-20(24)22-16(2)9-10-17-6-4-3-5-7-17/h3-8,11-12,14,16H,9-10,13H2,1-2H3,(H,22,24). The summed E-state index contributed by atoms with van der Waals surface area (Å²) in [4.78, 5) is 14.1. The van der Waals surface area contributed by atoms with E-state index >= 15 is 0 Å². The number of rotatable bonds is 6. The van der Waals surface area contributed by atoms with Crippen molar-refractivity contribution in [2.75, 3.05) is 11.4 Å². The molecule has 1 N–H and O–H groups in total. The summed E-state index contributed by atoms with van der Waals surface area (Å²) < 4.78 is 27.8. The average molecular weight is 385 g/mol. The zero-order chi connectivity index (χ0) is 19.4. The van der Waals surface area contributed by atoms with Gasteiger partial charge in [0.2, 0.25) is 5.91 Å². The SMILES string of the molecule is Cc1ccc2c(c1)N(CC(=O)NC(C)CCc1ccccc1)C=NS2(=O)=O. The van der Waals surface area contributed by atoms with E-state index in [0.717, 1.165) is 18.4 Å². The van der Waals surface area contributed by atoms with Crippen LogP contribution in [-0.2, 0) is 21.2 Å². The summed E-state index contributed by atoms with van der Waals surface area (Å²) in [5.41, 5.74) is 2.63. The van der Waals surface area contributed by atoms with Crippen LogP contribution in [0.3, 0.4) is 0 Å². The second kappa shape index (κ2) is 7.92. The van der Waals surface area contributed by atoms with E-state index in [1.165, 1.54) is 18.0 Å². The number of anilines is 1. The van der Waals surface area contributed by atoms with Gasteiger partial charge in [-0.15, -0.1) is 4.40 Å². The lowest BCUT2D eigenvalue weighted by molar-refractivity contribution is -0.120. The van der Waals surface area contributed by atoms with E-state index in [0.29, 0.717) is 5.69 Å². The molecule has 142 valence electrons. The Morgan fingerprint density at radius 3 is 2.67 bits per heavy atom. The zero-order valence-corrected chi connectivity index (χ0v) is 16.2. The first-order valence-corrected chi connectivity index (χ1v) is 10.3. The molecule has 2 aromatic rings. The summed E-state index contributed by atoms with van der Waals surface area (Å²) in [6.07, 6.45) is 2.92. The molecule has 7 heteroatoms. The number of carbonyl (C=O) groups excluding carboxylic acids is 1. The first kappa shape index (κ1) is 19.1. The molecule has 0 bridgehead atoms. The lowest BCUT2D eigenvalue weighted by atomic mass is 10.1. The van der Waals surface area contributed by atoms with Crippen molar-refractivity contribution in [3.8, 4) is 0 Å². The third kappa shape index (κ3) is 4.74. The van der Waals surface area contributed by atoms with Crippen molar-refractivity contribution in [1.82, 2.24) is 5.32 Å². The minimum atomic E-state index is -3.69. The fourth-order valence-corrected chi connectivity index (χ4v) is 4.04. The molecule has 0 fully saturated rings. The van der Waals surface area contributed by atoms with Gasteiger partial charge in [0.05, 0.1) is 5.69 Å². The first-order chi connectivity index (χ1) is 12.8. The van der Waals surface area contributed by atoms with Crippen LogP contribution in [-0.4, -0.2) is 33.3 Å². The third-order valence-electron chi connectivity index (χ3n) is 4.46. The van der Waals surface area contributed by atoms with Gasteiger partial charge in [-0.3, -0.25) is 4.79 Å². The van der Waals surface area contributed by atoms with E-state index < -0.39 is 10.0 Å². The molecule has 0 radical (unpaired) electrons. The lowest BCUT2D eigenvalue weighted by Crippen LogP contribution is -2.42. The summed E-state index contributed by atoms with van der Waals surface area (Å²) in [5.74, 6) is -0.172. The van der Waals surface area contributed by atoms with Crippen LogP contribution in [0.2, 0.25) is 0 Å². The van der Waals surface area contributed by atoms with Crippen molar-refractivity contribution in [2.24, 2.45) is 4.40 Å². The molecule has 3 rings (SSSR count). The van der Waals surface area contributed by atoms with Crippen molar-refractivity contribution < 1.29 is 13.2 Å². The van der Waals surface area contributed by atoms with Crippen LogP contribution in [0, 0.1) is 6.92 Å². The second-order valence-corrected chi connectivity index (χ2v) is 8.39. The zero-order valence-electron chi connectivity index (χ0n) is 15.4. The van der Waals surface area contributed by atoms with Crippen molar-refractivity contribution in [3.05, 3.63) is 59.7 Å². The maximum absolute atomic E-state index is 12.4. The predicted octanol–water partition coefficient (Wildman–Crippen LogP) is 2.67. The van der Waals surface area contributed by atoms with Gasteiger partial charge < -0.3 is 10.2 Å². The summed E-state index contributed by atoms with van der Waals surface area (Å²) >= 11 is 0. The van der Waals surface area contributed by atoms with Gasteiger partial charge in [-0.1, -0.05) is 36.4 Å². The summed E-state index contributed by atoms with van der Waals surface area (Å²) in [7, 11) is -3.69. The Bertz CT molecular complexity index is 956. The van der Waals surface area contributed by atoms with Crippen molar-refractivity contribution in [3.63, 3.8) is 0 Å². The Morgan fingerprint density at radius 1 is 1.19 bits per heavy atom. The number of fused-ring (bicyclic) bond motifs is 1. The molecule has 1 heterocycles. The smallest absolute Gasteiger partial charge is 0.285 e. The van der Waals surface area contributed by atoms with E-state index in [4.69, 9.17) is 0 Å². The Balaban J connectivity index is 1.62. The van der Waals surface area contributed by atoms with Gasteiger partial charge in [0, 0.05) is 6.04 Å². The highest BCUT2D eigenvalue weighted by Crippen LogP contribution is 2.30.